The summed E-state index contributed by atoms with van der Waals surface area (Å²) in [7, 11) is -4.69. The first kappa shape index (κ1) is 23.2. The molecule has 0 spiro atoms. The van der Waals surface area contributed by atoms with Crippen molar-refractivity contribution in [2.75, 3.05) is 0 Å². The fourth-order valence-electron chi connectivity index (χ4n) is 2.45. The van der Waals surface area contributed by atoms with Crippen molar-refractivity contribution in [3.63, 3.8) is 0 Å². The van der Waals surface area contributed by atoms with Crippen LogP contribution < -0.4 is 10.7 Å². The normalized spacial score (nSPS) is 11.4. The predicted molar refractivity (Wildman–Crippen MR) is 99.8 cm³/mol. The van der Waals surface area contributed by atoms with Crippen molar-refractivity contribution in [1.82, 2.24) is 9.78 Å². The first-order chi connectivity index (χ1) is 13.2. The van der Waals surface area contributed by atoms with Gasteiger partial charge in [-0.15, -0.1) is 10.2 Å². The molecule has 0 fully saturated rings. The SMILES string of the molecule is Cc1[nH]n(-c2cccc(S(=O)(=O)[O-])c2)c(=O)c1N=Nc1ccccc1C(=O)[O-].[Sr+2]. The molecule has 0 aliphatic rings. The number of carboxylic acids is 1. The molecule has 1 aromatic heterocycles. The molecule has 3 rings (SSSR count). The van der Waals surface area contributed by atoms with Crippen LogP contribution in [0.2, 0.25) is 0 Å². The van der Waals surface area contributed by atoms with Crippen LogP contribution in [0.4, 0.5) is 11.4 Å². The van der Waals surface area contributed by atoms with Crippen molar-refractivity contribution in [3.8, 4) is 5.69 Å². The van der Waals surface area contributed by atoms with Gasteiger partial charge in [0.2, 0.25) is 0 Å². The average Bonchev–Trinajstić information content (AvgIpc) is 2.93. The van der Waals surface area contributed by atoms with Crippen LogP contribution in [0.1, 0.15) is 16.1 Å². The summed E-state index contributed by atoms with van der Waals surface area (Å²) in [6.07, 6.45) is 0. The van der Waals surface area contributed by atoms with Crippen molar-refractivity contribution in [1.29, 1.82) is 0 Å². The molecule has 0 saturated heterocycles. The van der Waals surface area contributed by atoms with Gasteiger partial charge in [0.25, 0.3) is 5.56 Å². The molecule has 0 aliphatic carbocycles. The van der Waals surface area contributed by atoms with Crippen LogP contribution in [0.15, 0.2) is 68.4 Å². The molecule has 1 N–H and O–H groups in total. The number of nitrogens with zero attached hydrogens (tertiary/aromatic N) is 3. The Morgan fingerprint density at radius 3 is 2.45 bits per heavy atom. The topological polar surface area (TPSA) is 160 Å². The molecule has 0 amide bonds. The number of nitrogens with one attached hydrogen (secondary N) is 1. The zero-order valence-electron chi connectivity index (χ0n) is 15.0. The molecule has 0 radical (unpaired) electrons. The Kier molecular flexibility index (Phi) is 7.32. The van der Waals surface area contributed by atoms with Crippen LogP contribution in [0.5, 0.6) is 0 Å². The third-order valence-electron chi connectivity index (χ3n) is 3.79. The number of carboxylic acid groups (broad SMARTS) is 1. The summed E-state index contributed by atoms with van der Waals surface area (Å²) in [5.41, 5.74) is -0.533. The van der Waals surface area contributed by atoms with Crippen LogP contribution in [-0.4, -0.2) is 74.2 Å². The van der Waals surface area contributed by atoms with Crippen molar-refractivity contribution in [2.24, 2.45) is 10.2 Å². The summed E-state index contributed by atoms with van der Waals surface area (Å²) in [6, 6.07) is 10.7. The van der Waals surface area contributed by atoms with E-state index in [0.29, 0.717) is 5.69 Å². The van der Waals surface area contributed by atoms with E-state index in [9.17, 15) is 27.7 Å². The number of carbonyl (C=O) groups is 1. The number of hydrogen-bond acceptors (Lipinski definition) is 8. The maximum absolute atomic E-state index is 12.6. The minimum absolute atomic E-state index is 0. The minimum Gasteiger partial charge on any atom is -0.744 e. The van der Waals surface area contributed by atoms with Gasteiger partial charge in [0, 0.05) is 5.56 Å². The molecule has 2 aromatic carbocycles. The summed E-state index contributed by atoms with van der Waals surface area (Å²) in [4.78, 5) is 23.2. The molecule has 0 atom stereocenters. The van der Waals surface area contributed by atoms with E-state index in [-0.39, 0.29) is 68.1 Å². The van der Waals surface area contributed by atoms with E-state index in [1.165, 1.54) is 37.3 Å². The van der Waals surface area contributed by atoms with Gasteiger partial charge in [-0.2, -0.15) is 0 Å². The third-order valence-corrected chi connectivity index (χ3v) is 4.62. The maximum Gasteiger partial charge on any atom is 2.00 e. The number of hydrogen-bond donors (Lipinski definition) is 1. The zero-order chi connectivity index (χ0) is 20.5. The minimum atomic E-state index is -4.69. The Morgan fingerprint density at radius 1 is 1.10 bits per heavy atom. The summed E-state index contributed by atoms with van der Waals surface area (Å²) in [5.74, 6) is -1.44. The Hall–Kier alpha value is -2.09. The van der Waals surface area contributed by atoms with E-state index in [4.69, 9.17) is 0 Å². The number of H-pyrrole nitrogens is 1. The standard InChI is InChI=1S/C17H14N4O6S.Sr/c1-10-15(19-18-14-8-3-2-7-13(14)17(23)24)16(22)21(20-10)11-5-4-6-12(9-11)28(25,26)27;/h2-9,20H,1H3,(H,23,24)(H,25,26,27);/q;+2/p-2. The molecular weight excluding hydrogens is 476 g/mol. The second-order valence-electron chi connectivity index (χ2n) is 5.68. The largest absolute Gasteiger partial charge is 2.00 e. The van der Waals surface area contributed by atoms with E-state index in [1.54, 1.807) is 6.07 Å². The Bertz CT molecular complexity index is 1260. The maximum atomic E-state index is 12.6. The van der Waals surface area contributed by atoms with Gasteiger partial charge in [0.15, 0.2) is 5.69 Å². The Labute approximate surface area is 201 Å². The second-order valence-corrected chi connectivity index (χ2v) is 7.06. The number of azo groups is 1. The molecule has 12 heteroatoms. The van der Waals surface area contributed by atoms with Crippen molar-refractivity contribution in [3.05, 3.63) is 70.1 Å². The molecule has 0 aliphatic heterocycles. The number of aromatic nitrogens is 2. The summed E-state index contributed by atoms with van der Waals surface area (Å²) >= 11 is 0. The van der Waals surface area contributed by atoms with Crippen LogP contribution >= 0.6 is 0 Å². The van der Waals surface area contributed by atoms with E-state index in [2.05, 4.69) is 15.3 Å². The van der Waals surface area contributed by atoms with Gasteiger partial charge >= 0.3 is 45.5 Å². The molecule has 3 aromatic rings. The Morgan fingerprint density at radius 2 is 1.79 bits per heavy atom. The van der Waals surface area contributed by atoms with Gasteiger partial charge in [-0.05, 0) is 31.2 Å². The quantitative estimate of drug-likeness (QED) is 0.318. The van der Waals surface area contributed by atoms with Gasteiger partial charge in [0.1, 0.15) is 10.1 Å². The smallest absolute Gasteiger partial charge is 0.744 e. The molecule has 0 saturated carbocycles. The van der Waals surface area contributed by atoms with Gasteiger partial charge in [-0.1, -0.05) is 24.3 Å². The van der Waals surface area contributed by atoms with Crippen molar-refractivity contribution in [2.45, 2.75) is 11.8 Å². The van der Waals surface area contributed by atoms with Gasteiger partial charge in [-0.25, -0.2) is 13.1 Å². The Balaban J connectivity index is 0.00000300. The molecule has 144 valence electrons. The number of rotatable bonds is 5. The molecule has 29 heavy (non-hydrogen) atoms. The van der Waals surface area contributed by atoms with E-state index in [1.807, 2.05) is 0 Å². The first-order valence-electron chi connectivity index (χ1n) is 7.78. The van der Waals surface area contributed by atoms with Crippen LogP contribution in [0.3, 0.4) is 0 Å². The molecule has 0 bridgehead atoms. The molecule has 10 nitrogen and oxygen atoms in total. The summed E-state index contributed by atoms with van der Waals surface area (Å²) < 4.78 is 34.5. The molecule has 0 unspecified atom stereocenters. The predicted octanol–water partition coefficient (Wildman–Crippen LogP) is 0.776. The van der Waals surface area contributed by atoms with Crippen LogP contribution in [-0.2, 0) is 10.1 Å². The number of benzene rings is 2. The van der Waals surface area contributed by atoms with Crippen LogP contribution in [0, 0.1) is 6.92 Å². The summed E-state index contributed by atoms with van der Waals surface area (Å²) in [6.45, 7) is 1.53. The van der Waals surface area contributed by atoms with Gasteiger partial charge < -0.3 is 14.5 Å². The van der Waals surface area contributed by atoms with E-state index in [0.717, 1.165) is 16.8 Å². The van der Waals surface area contributed by atoms with E-state index >= 15 is 0 Å². The molecule has 1 heterocycles. The molecular formula is C17H12N4O6SSr. The van der Waals surface area contributed by atoms with Gasteiger partial charge in [-0.3, -0.25) is 9.89 Å². The second kappa shape index (κ2) is 9.15. The van der Waals surface area contributed by atoms with Crippen molar-refractivity contribution >= 4 is 72.9 Å². The van der Waals surface area contributed by atoms with Crippen LogP contribution in [0.25, 0.3) is 5.69 Å². The number of carbonyl (C=O) groups excluding carboxylic acids is 1. The number of aromatic carboxylic acids is 1. The number of aromatic amines is 1. The van der Waals surface area contributed by atoms with Gasteiger partial charge in [0.05, 0.1) is 27.9 Å². The van der Waals surface area contributed by atoms with E-state index < -0.39 is 26.5 Å². The zero-order valence-corrected chi connectivity index (χ0v) is 19.3. The van der Waals surface area contributed by atoms with Crippen molar-refractivity contribution < 1.29 is 22.9 Å². The fraction of sp³-hybridized carbons (Fsp3) is 0.0588. The average molecular weight is 488 g/mol. The fourth-order valence-corrected chi connectivity index (χ4v) is 2.96. The summed E-state index contributed by atoms with van der Waals surface area (Å²) in [5, 5.41) is 21.4. The first-order valence-corrected chi connectivity index (χ1v) is 9.19. The monoisotopic (exact) mass is 488 g/mol. The number of aryl methyl sites for hydroxylation is 1. The third kappa shape index (κ3) is 5.10.